The fourth-order valence-electron chi connectivity index (χ4n) is 4.83. The second kappa shape index (κ2) is 6.93. The van der Waals surface area contributed by atoms with E-state index in [2.05, 4.69) is 50.9 Å². The smallest absolute Gasteiger partial charge is 0.264 e. The number of rotatable bonds is 5. The molecule has 4 rings (SSSR count). The normalized spacial score (nSPS) is 26.2. The Morgan fingerprint density at radius 1 is 1.38 bits per heavy atom. The Labute approximate surface area is 163 Å². The Bertz CT molecular complexity index is 924. The van der Waals surface area contributed by atoms with E-state index in [9.17, 15) is 8.42 Å². The van der Waals surface area contributed by atoms with E-state index < -0.39 is 10.1 Å². The number of fused-ring (bicyclic) bond motifs is 2. The number of H-pyrrole nitrogens is 1. The molecule has 1 aliphatic heterocycles. The van der Waals surface area contributed by atoms with Crippen molar-refractivity contribution in [1.82, 2.24) is 9.88 Å². The van der Waals surface area contributed by atoms with E-state index >= 15 is 0 Å². The predicted molar refractivity (Wildman–Crippen MR) is 107 cm³/mol. The molecule has 0 amide bonds. The number of halogens is 1. The minimum atomic E-state index is -3.40. The number of likely N-dealkylation sites (tertiary alicyclic amines) is 1. The summed E-state index contributed by atoms with van der Waals surface area (Å²) in [6.45, 7) is 4.41. The van der Waals surface area contributed by atoms with Crippen LogP contribution < -0.4 is 0 Å². The summed E-state index contributed by atoms with van der Waals surface area (Å²) in [4.78, 5) is 6.01. The molecular formula is C19H25BrN2O3S. The van der Waals surface area contributed by atoms with E-state index in [0.29, 0.717) is 12.0 Å². The van der Waals surface area contributed by atoms with Gasteiger partial charge in [-0.05, 0) is 64.8 Å². The van der Waals surface area contributed by atoms with Gasteiger partial charge in [0.05, 0.1) is 17.5 Å². The van der Waals surface area contributed by atoms with Crippen LogP contribution in [0.25, 0.3) is 10.9 Å². The molecule has 1 aromatic heterocycles. The van der Waals surface area contributed by atoms with Gasteiger partial charge in [0.15, 0.2) is 0 Å². The molecule has 5 nitrogen and oxygen atoms in total. The number of hydrogen-bond donors (Lipinski definition) is 1. The van der Waals surface area contributed by atoms with Gasteiger partial charge in [-0.25, -0.2) is 0 Å². The lowest BCUT2D eigenvalue weighted by atomic mass is 9.72. The molecule has 0 radical (unpaired) electrons. The molecule has 1 aromatic carbocycles. The van der Waals surface area contributed by atoms with Gasteiger partial charge in [-0.2, -0.15) is 8.42 Å². The van der Waals surface area contributed by atoms with Crippen molar-refractivity contribution in [2.45, 2.75) is 38.1 Å². The maximum atomic E-state index is 11.4. The van der Waals surface area contributed by atoms with Gasteiger partial charge in [0.2, 0.25) is 0 Å². The third-order valence-electron chi connectivity index (χ3n) is 5.76. The molecular weight excluding hydrogens is 416 g/mol. The molecule has 1 aliphatic carbocycles. The average molecular weight is 441 g/mol. The number of aromatic nitrogens is 1. The Balaban J connectivity index is 1.70. The van der Waals surface area contributed by atoms with Gasteiger partial charge >= 0.3 is 0 Å². The van der Waals surface area contributed by atoms with Crippen molar-refractivity contribution in [2.75, 3.05) is 26.0 Å². The Hall–Kier alpha value is -0.890. The SMILES string of the molecule is CCCN1CC(COS(C)(=O)=O)C[C@H]2c3cccc4[nH]c(Br)c(c34)C[C@@H]21. The van der Waals surface area contributed by atoms with Crippen LogP contribution in [-0.2, 0) is 20.7 Å². The first-order chi connectivity index (χ1) is 12.4. The third-order valence-corrected chi connectivity index (χ3v) is 7.00. The van der Waals surface area contributed by atoms with Crippen LogP contribution in [0.4, 0.5) is 0 Å². The molecule has 0 bridgehead atoms. The van der Waals surface area contributed by atoms with Crippen LogP contribution in [-0.4, -0.2) is 50.3 Å². The quantitative estimate of drug-likeness (QED) is 0.720. The topological polar surface area (TPSA) is 62.4 Å². The van der Waals surface area contributed by atoms with E-state index in [4.69, 9.17) is 4.18 Å². The highest BCUT2D eigenvalue weighted by atomic mass is 79.9. The lowest BCUT2D eigenvalue weighted by Crippen LogP contribution is -2.51. The van der Waals surface area contributed by atoms with Crippen LogP contribution in [0.5, 0.6) is 0 Å². The maximum absolute atomic E-state index is 11.4. The van der Waals surface area contributed by atoms with Gasteiger partial charge in [-0.3, -0.25) is 9.08 Å². The summed E-state index contributed by atoms with van der Waals surface area (Å²) in [5.74, 6) is 0.652. The zero-order valence-corrected chi connectivity index (χ0v) is 17.6. The van der Waals surface area contributed by atoms with Crippen LogP contribution in [0.2, 0.25) is 0 Å². The fraction of sp³-hybridized carbons (Fsp3) is 0.579. The molecule has 0 spiro atoms. The number of nitrogens with one attached hydrogen (secondary N) is 1. The molecule has 0 saturated carbocycles. The summed E-state index contributed by atoms with van der Waals surface area (Å²) in [5.41, 5.74) is 3.95. The Kier molecular flexibility index (Phi) is 4.92. The first kappa shape index (κ1) is 18.5. The average Bonchev–Trinajstić information content (AvgIpc) is 2.90. The standard InChI is InChI=1S/C19H25BrN2O3S/c1-3-7-22-10-12(11-25-26(2,23)24)8-14-13-5-4-6-16-18(13)15(9-17(14)22)19(20)21-16/h4-6,12,14,17,21H,3,7-11H2,1-2H3/t12?,14-,17-/m0/s1. The second-order valence-corrected chi connectivity index (χ2v) is 10.1. The van der Waals surface area contributed by atoms with Crippen LogP contribution >= 0.6 is 15.9 Å². The summed E-state index contributed by atoms with van der Waals surface area (Å²) in [6.07, 6.45) is 4.23. The van der Waals surface area contributed by atoms with Crippen LogP contribution in [0.15, 0.2) is 22.8 Å². The monoisotopic (exact) mass is 440 g/mol. The molecule has 2 aromatic rings. The van der Waals surface area contributed by atoms with Crippen molar-refractivity contribution in [2.24, 2.45) is 5.92 Å². The van der Waals surface area contributed by atoms with Crippen molar-refractivity contribution >= 4 is 37.0 Å². The number of hydrogen-bond acceptors (Lipinski definition) is 4. The molecule has 142 valence electrons. The molecule has 1 saturated heterocycles. The summed E-state index contributed by atoms with van der Waals surface area (Å²) < 4.78 is 29.1. The highest BCUT2D eigenvalue weighted by Gasteiger charge is 2.41. The summed E-state index contributed by atoms with van der Waals surface area (Å²) >= 11 is 3.71. The highest BCUT2D eigenvalue weighted by Crippen LogP contribution is 2.46. The zero-order valence-electron chi connectivity index (χ0n) is 15.2. The second-order valence-electron chi connectivity index (χ2n) is 7.65. The zero-order chi connectivity index (χ0) is 18.5. The third kappa shape index (κ3) is 3.35. The largest absolute Gasteiger partial charge is 0.349 e. The number of aromatic amines is 1. The van der Waals surface area contributed by atoms with Gasteiger partial charge in [0.25, 0.3) is 10.1 Å². The number of nitrogens with zero attached hydrogens (tertiary/aromatic N) is 1. The van der Waals surface area contributed by atoms with Crippen molar-refractivity contribution < 1.29 is 12.6 Å². The van der Waals surface area contributed by atoms with E-state index in [1.165, 1.54) is 22.0 Å². The Morgan fingerprint density at radius 3 is 2.92 bits per heavy atom. The van der Waals surface area contributed by atoms with E-state index in [1.807, 2.05) is 0 Å². The summed E-state index contributed by atoms with van der Waals surface area (Å²) in [7, 11) is -3.40. The molecule has 2 aliphatic rings. The van der Waals surface area contributed by atoms with Crippen LogP contribution in [0.3, 0.4) is 0 Å². The van der Waals surface area contributed by atoms with Crippen molar-refractivity contribution in [1.29, 1.82) is 0 Å². The molecule has 1 unspecified atom stereocenters. The lowest BCUT2D eigenvalue weighted by molar-refractivity contribution is 0.0639. The van der Waals surface area contributed by atoms with Crippen molar-refractivity contribution in [3.8, 4) is 0 Å². The molecule has 1 fully saturated rings. The van der Waals surface area contributed by atoms with Crippen LogP contribution in [0.1, 0.15) is 36.8 Å². The van der Waals surface area contributed by atoms with Gasteiger partial charge < -0.3 is 4.98 Å². The van der Waals surface area contributed by atoms with Crippen LogP contribution in [0, 0.1) is 5.92 Å². The number of benzene rings is 1. The van der Waals surface area contributed by atoms with E-state index in [-0.39, 0.29) is 12.5 Å². The molecule has 1 N–H and O–H groups in total. The fourth-order valence-corrected chi connectivity index (χ4v) is 5.84. The minimum absolute atomic E-state index is 0.233. The van der Waals surface area contributed by atoms with Gasteiger partial charge in [-0.15, -0.1) is 0 Å². The predicted octanol–water partition coefficient (Wildman–Crippen LogP) is 3.65. The van der Waals surface area contributed by atoms with E-state index in [0.717, 1.165) is 43.2 Å². The van der Waals surface area contributed by atoms with Gasteiger partial charge in [0.1, 0.15) is 0 Å². The van der Waals surface area contributed by atoms with Crippen molar-refractivity contribution in [3.63, 3.8) is 0 Å². The Morgan fingerprint density at radius 2 is 2.19 bits per heavy atom. The summed E-state index contributed by atoms with van der Waals surface area (Å²) in [5, 5.41) is 1.35. The molecule has 2 heterocycles. The highest BCUT2D eigenvalue weighted by molar-refractivity contribution is 9.10. The maximum Gasteiger partial charge on any atom is 0.264 e. The molecule has 7 heteroatoms. The number of piperidine rings is 1. The first-order valence-electron chi connectivity index (χ1n) is 9.24. The molecule has 3 atom stereocenters. The van der Waals surface area contributed by atoms with Gasteiger partial charge in [0, 0.05) is 29.4 Å². The lowest BCUT2D eigenvalue weighted by Gasteiger charge is -2.47. The van der Waals surface area contributed by atoms with Crippen molar-refractivity contribution in [3.05, 3.63) is 33.9 Å². The van der Waals surface area contributed by atoms with Gasteiger partial charge in [-0.1, -0.05) is 19.1 Å². The van der Waals surface area contributed by atoms with E-state index in [1.54, 1.807) is 0 Å². The molecule has 26 heavy (non-hydrogen) atoms. The summed E-state index contributed by atoms with van der Waals surface area (Å²) in [6, 6.07) is 6.96. The minimum Gasteiger partial charge on any atom is -0.349 e. The first-order valence-corrected chi connectivity index (χ1v) is 11.9.